The molecule has 0 aromatic heterocycles. The number of nitro benzene ring substituents is 1. The van der Waals surface area contributed by atoms with E-state index >= 15 is 0 Å². The molecule has 0 aliphatic heterocycles. The average Bonchev–Trinajstić information content (AvgIpc) is 2.79. The second kappa shape index (κ2) is 14.4. The van der Waals surface area contributed by atoms with Crippen LogP contribution in [-0.2, 0) is 12.8 Å². The van der Waals surface area contributed by atoms with Crippen molar-refractivity contribution in [3.05, 3.63) is 63.7 Å². The number of nitrogens with zero attached hydrogens (tertiary/aromatic N) is 1. The van der Waals surface area contributed by atoms with Gasteiger partial charge in [0.1, 0.15) is 0 Å². The summed E-state index contributed by atoms with van der Waals surface area (Å²) in [6.45, 7) is 3.69. The van der Waals surface area contributed by atoms with Gasteiger partial charge in [-0.25, -0.2) is 0 Å². The fourth-order valence-corrected chi connectivity index (χ4v) is 3.56. The van der Waals surface area contributed by atoms with Gasteiger partial charge in [0.25, 0.3) is 0 Å². The summed E-state index contributed by atoms with van der Waals surface area (Å²) in [4.78, 5) is 11.1. The van der Waals surface area contributed by atoms with Crippen LogP contribution >= 0.6 is 0 Å². The molecule has 2 rings (SSSR count). The van der Waals surface area contributed by atoms with Gasteiger partial charge in [-0.15, -0.1) is 0 Å². The summed E-state index contributed by atoms with van der Waals surface area (Å²) in [5.74, 6) is 0.558. The number of benzene rings is 2. The maximum Gasteiger partial charge on any atom is 0.318 e. The third kappa shape index (κ3) is 8.55. The van der Waals surface area contributed by atoms with Crippen LogP contribution in [0.15, 0.2) is 42.5 Å². The molecule has 0 fully saturated rings. The average molecular weight is 430 g/mol. The number of rotatable bonds is 16. The minimum atomic E-state index is -0.398. The fraction of sp³-hybridized carbons (Fsp3) is 0.500. The topological polar surface area (TPSA) is 85.7 Å². The molecule has 0 spiro atoms. The van der Waals surface area contributed by atoms with Crippen molar-refractivity contribution in [2.75, 3.05) is 40.4 Å². The lowest BCUT2D eigenvalue weighted by atomic mass is 10.1. The number of hydrogen-bond acceptors (Lipinski definition) is 6. The Balaban J connectivity index is 1.54. The van der Waals surface area contributed by atoms with Gasteiger partial charge in [0.05, 0.1) is 19.1 Å². The van der Waals surface area contributed by atoms with Crippen molar-refractivity contribution in [3.8, 4) is 11.5 Å². The molecule has 0 atom stereocenters. The first-order valence-electron chi connectivity index (χ1n) is 11.0. The van der Waals surface area contributed by atoms with E-state index in [0.29, 0.717) is 24.3 Å². The molecule has 2 aromatic carbocycles. The number of methoxy groups -OCH3 is 2. The standard InChI is InChI=1S/C24H35N3O4/c1-30-22-13-12-21(23(27(28)29)24(22)31-2)15-19-26-17-9-4-3-8-16-25-18-14-20-10-6-5-7-11-20/h5-7,10-13,25-26H,3-4,8-9,14-19H2,1-2H3. The van der Waals surface area contributed by atoms with E-state index in [9.17, 15) is 10.1 Å². The fourth-order valence-electron chi connectivity index (χ4n) is 3.56. The maximum absolute atomic E-state index is 11.5. The van der Waals surface area contributed by atoms with Crippen LogP contribution in [-0.4, -0.2) is 45.3 Å². The second-order valence-electron chi connectivity index (χ2n) is 7.47. The Morgan fingerprint density at radius 2 is 1.45 bits per heavy atom. The van der Waals surface area contributed by atoms with Crippen molar-refractivity contribution in [3.63, 3.8) is 0 Å². The van der Waals surface area contributed by atoms with E-state index in [4.69, 9.17) is 9.47 Å². The van der Waals surface area contributed by atoms with E-state index < -0.39 is 4.92 Å². The molecule has 0 bridgehead atoms. The zero-order valence-electron chi connectivity index (χ0n) is 18.7. The van der Waals surface area contributed by atoms with E-state index in [-0.39, 0.29) is 11.4 Å². The molecule has 0 heterocycles. The van der Waals surface area contributed by atoms with Crippen molar-refractivity contribution in [2.45, 2.75) is 38.5 Å². The Labute approximate surface area is 185 Å². The van der Waals surface area contributed by atoms with Gasteiger partial charge in [-0.3, -0.25) is 10.1 Å². The SMILES string of the molecule is COc1ccc(CCNCCCCCCNCCc2ccccc2)c([N+](=O)[O-])c1OC. The van der Waals surface area contributed by atoms with Crippen molar-refractivity contribution < 1.29 is 14.4 Å². The highest BCUT2D eigenvalue weighted by atomic mass is 16.6. The Morgan fingerprint density at radius 3 is 2.03 bits per heavy atom. The summed E-state index contributed by atoms with van der Waals surface area (Å²) in [7, 11) is 2.90. The van der Waals surface area contributed by atoms with E-state index in [1.54, 1.807) is 12.1 Å². The van der Waals surface area contributed by atoms with E-state index in [0.717, 1.165) is 32.5 Å². The largest absolute Gasteiger partial charge is 0.493 e. The van der Waals surface area contributed by atoms with Gasteiger partial charge in [0.2, 0.25) is 5.75 Å². The molecule has 31 heavy (non-hydrogen) atoms. The summed E-state index contributed by atoms with van der Waals surface area (Å²) in [5, 5.41) is 18.4. The summed E-state index contributed by atoms with van der Waals surface area (Å²) in [6.07, 6.45) is 6.33. The molecule has 0 aliphatic carbocycles. The van der Waals surface area contributed by atoms with Crippen LogP contribution in [0.4, 0.5) is 5.69 Å². The number of nitro groups is 1. The first kappa shape index (κ1) is 24.6. The highest BCUT2D eigenvalue weighted by molar-refractivity contribution is 5.60. The summed E-state index contributed by atoms with van der Waals surface area (Å²) < 4.78 is 10.4. The van der Waals surface area contributed by atoms with E-state index in [2.05, 4.69) is 34.9 Å². The van der Waals surface area contributed by atoms with E-state index in [1.165, 1.54) is 39.0 Å². The Bertz CT molecular complexity index is 784. The summed E-state index contributed by atoms with van der Waals surface area (Å²) in [5.41, 5.74) is 2.01. The predicted molar refractivity (Wildman–Crippen MR) is 124 cm³/mol. The quantitative estimate of drug-likeness (QED) is 0.237. The monoisotopic (exact) mass is 429 g/mol. The zero-order valence-corrected chi connectivity index (χ0v) is 18.7. The van der Waals surface area contributed by atoms with Crippen molar-refractivity contribution in [2.24, 2.45) is 0 Å². The van der Waals surface area contributed by atoms with Crippen LogP contribution in [0.3, 0.4) is 0 Å². The molecule has 2 aromatic rings. The van der Waals surface area contributed by atoms with Crippen LogP contribution in [0.2, 0.25) is 0 Å². The lowest BCUT2D eigenvalue weighted by molar-refractivity contribution is -0.386. The van der Waals surface area contributed by atoms with Crippen molar-refractivity contribution >= 4 is 5.69 Å². The molecular formula is C24H35N3O4. The molecule has 0 saturated carbocycles. The van der Waals surface area contributed by atoms with Gasteiger partial charge < -0.3 is 20.1 Å². The van der Waals surface area contributed by atoms with E-state index in [1.807, 2.05) is 6.07 Å². The molecule has 0 radical (unpaired) electrons. The first-order chi connectivity index (χ1) is 15.2. The van der Waals surface area contributed by atoms with Gasteiger partial charge in [-0.2, -0.15) is 0 Å². The normalized spacial score (nSPS) is 10.8. The lowest BCUT2D eigenvalue weighted by Crippen LogP contribution is -2.20. The minimum Gasteiger partial charge on any atom is -0.493 e. The maximum atomic E-state index is 11.5. The minimum absolute atomic E-state index is 0.0107. The first-order valence-corrected chi connectivity index (χ1v) is 11.0. The third-order valence-corrected chi connectivity index (χ3v) is 5.25. The Hall–Kier alpha value is -2.64. The summed E-state index contributed by atoms with van der Waals surface area (Å²) in [6, 6.07) is 14.0. The lowest BCUT2D eigenvalue weighted by Gasteiger charge is -2.11. The molecule has 2 N–H and O–H groups in total. The predicted octanol–water partition coefficient (Wildman–Crippen LogP) is 4.14. The smallest absolute Gasteiger partial charge is 0.318 e. The van der Waals surface area contributed by atoms with Crippen LogP contribution in [0.5, 0.6) is 11.5 Å². The molecule has 0 unspecified atom stereocenters. The molecular weight excluding hydrogens is 394 g/mol. The molecule has 7 heteroatoms. The third-order valence-electron chi connectivity index (χ3n) is 5.25. The molecule has 0 saturated heterocycles. The van der Waals surface area contributed by atoms with Gasteiger partial charge in [0, 0.05) is 5.56 Å². The molecule has 0 aliphatic rings. The van der Waals surface area contributed by atoms with Gasteiger partial charge in [0.15, 0.2) is 5.75 Å². The van der Waals surface area contributed by atoms with Gasteiger partial charge in [-0.05, 0) is 69.6 Å². The number of ether oxygens (including phenoxy) is 2. The van der Waals surface area contributed by atoms with Crippen molar-refractivity contribution in [1.82, 2.24) is 10.6 Å². The van der Waals surface area contributed by atoms with Crippen LogP contribution in [0, 0.1) is 10.1 Å². The van der Waals surface area contributed by atoms with Crippen LogP contribution in [0.25, 0.3) is 0 Å². The number of unbranched alkanes of at least 4 members (excludes halogenated alkanes) is 3. The Kier molecular flexibility index (Phi) is 11.4. The van der Waals surface area contributed by atoms with Gasteiger partial charge >= 0.3 is 5.69 Å². The number of hydrogen-bond donors (Lipinski definition) is 2. The number of nitrogens with one attached hydrogen (secondary N) is 2. The highest BCUT2D eigenvalue weighted by Gasteiger charge is 2.24. The van der Waals surface area contributed by atoms with Gasteiger partial charge in [-0.1, -0.05) is 43.2 Å². The van der Waals surface area contributed by atoms with Crippen molar-refractivity contribution in [1.29, 1.82) is 0 Å². The molecule has 7 nitrogen and oxygen atoms in total. The zero-order chi connectivity index (χ0) is 22.3. The molecule has 0 amide bonds. The summed E-state index contributed by atoms with van der Waals surface area (Å²) >= 11 is 0. The highest BCUT2D eigenvalue weighted by Crippen LogP contribution is 2.39. The second-order valence-corrected chi connectivity index (χ2v) is 7.47. The molecule has 170 valence electrons. The van der Waals surface area contributed by atoms with Crippen LogP contribution < -0.4 is 20.1 Å². The van der Waals surface area contributed by atoms with Crippen LogP contribution in [0.1, 0.15) is 36.8 Å². The Morgan fingerprint density at radius 1 is 0.806 bits per heavy atom.